The number of ether oxygens (including phenoxy) is 1. The summed E-state index contributed by atoms with van der Waals surface area (Å²) in [7, 11) is 0. The number of amidine groups is 1. The van der Waals surface area contributed by atoms with Crippen LogP contribution in [0.5, 0.6) is 0 Å². The summed E-state index contributed by atoms with van der Waals surface area (Å²) < 4.78 is 52.5. The van der Waals surface area contributed by atoms with Crippen molar-refractivity contribution in [3.05, 3.63) is 0 Å². The molecule has 0 radical (unpaired) electrons. The van der Waals surface area contributed by atoms with E-state index in [0.717, 1.165) is 0 Å². The summed E-state index contributed by atoms with van der Waals surface area (Å²) in [6, 6.07) is 0. The van der Waals surface area contributed by atoms with Crippen LogP contribution in [0.25, 0.3) is 0 Å². The Kier molecular flexibility index (Phi) is 5.34. The van der Waals surface area contributed by atoms with Crippen molar-refractivity contribution in [3.63, 3.8) is 0 Å². The van der Waals surface area contributed by atoms with Crippen molar-refractivity contribution >= 4 is 5.84 Å². The number of oxime groups is 1. The number of rotatable bonds is 6. The van der Waals surface area contributed by atoms with Crippen LogP contribution in [0.15, 0.2) is 5.16 Å². The molecule has 8 heteroatoms. The van der Waals surface area contributed by atoms with E-state index in [1.165, 1.54) is 6.92 Å². The zero-order valence-electron chi connectivity index (χ0n) is 7.96. The van der Waals surface area contributed by atoms with E-state index >= 15 is 0 Å². The van der Waals surface area contributed by atoms with Crippen molar-refractivity contribution in [1.82, 2.24) is 0 Å². The lowest BCUT2D eigenvalue weighted by atomic mass is 10.2. The molecule has 0 aromatic heterocycles. The quantitative estimate of drug-likeness (QED) is 0.239. The Morgan fingerprint density at radius 2 is 2.07 bits per heavy atom. The van der Waals surface area contributed by atoms with Gasteiger partial charge in [0, 0.05) is 6.42 Å². The zero-order valence-corrected chi connectivity index (χ0v) is 7.96. The van der Waals surface area contributed by atoms with Gasteiger partial charge in [0.1, 0.15) is 12.4 Å². The molecule has 4 nitrogen and oxygen atoms in total. The first-order valence-corrected chi connectivity index (χ1v) is 4.03. The van der Waals surface area contributed by atoms with Crippen LogP contribution in [0.2, 0.25) is 0 Å². The van der Waals surface area contributed by atoms with E-state index in [4.69, 9.17) is 10.9 Å². The van der Waals surface area contributed by atoms with Crippen molar-refractivity contribution in [2.24, 2.45) is 10.9 Å². The summed E-state index contributed by atoms with van der Waals surface area (Å²) in [5, 5.41) is 10.7. The average Bonchev–Trinajstić information content (AvgIpc) is 2.14. The topological polar surface area (TPSA) is 67.8 Å². The first kappa shape index (κ1) is 13.9. The van der Waals surface area contributed by atoms with Gasteiger partial charge in [-0.3, -0.25) is 0 Å². The summed E-state index contributed by atoms with van der Waals surface area (Å²) >= 11 is 0. The Balaban J connectivity index is 3.95. The van der Waals surface area contributed by atoms with Crippen molar-refractivity contribution < 1.29 is 27.5 Å². The summed E-state index contributed by atoms with van der Waals surface area (Å²) in [6.45, 7) is -0.0515. The molecule has 0 saturated heterocycles. The molecule has 3 N–H and O–H groups in total. The van der Waals surface area contributed by atoms with Gasteiger partial charge in [-0.05, 0) is 6.92 Å². The highest BCUT2D eigenvalue weighted by atomic mass is 19.3. The van der Waals surface area contributed by atoms with Crippen LogP contribution in [-0.2, 0) is 4.74 Å². The lowest BCUT2D eigenvalue weighted by Gasteiger charge is -2.18. The number of hydrogen-bond donors (Lipinski definition) is 2. The highest BCUT2D eigenvalue weighted by Crippen LogP contribution is 2.23. The van der Waals surface area contributed by atoms with E-state index in [2.05, 4.69) is 9.89 Å². The maximum Gasteiger partial charge on any atom is 0.330 e. The fourth-order valence-corrected chi connectivity index (χ4v) is 0.711. The zero-order chi connectivity index (χ0) is 12.1. The Hall–Kier alpha value is -1.05. The monoisotopic (exact) mass is 232 g/mol. The van der Waals surface area contributed by atoms with Gasteiger partial charge in [-0.2, -0.15) is 8.78 Å². The third-order valence-corrected chi connectivity index (χ3v) is 1.50. The van der Waals surface area contributed by atoms with Gasteiger partial charge in [0.2, 0.25) is 0 Å². The highest BCUT2D eigenvalue weighted by molar-refractivity contribution is 5.79. The van der Waals surface area contributed by atoms with Crippen LogP contribution in [0.3, 0.4) is 0 Å². The van der Waals surface area contributed by atoms with Crippen molar-refractivity contribution in [2.75, 3.05) is 6.61 Å². The average molecular weight is 232 g/mol. The van der Waals surface area contributed by atoms with Gasteiger partial charge in [-0.25, -0.2) is 8.78 Å². The molecule has 0 aliphatic rings. The van der Waals surface area contributed by atoms with Gasteiger partial charge >= 0.3 is 12.3 Å². The molecule has 0 bridgehead atoms. The Bertz CT molecular complexity index is 223. The lowest BCUT2D eigenvalue weighted by molar-refractivity contribution is -0.173. The van der Waals surface area contributed by atoms with Gasteiger partial charge in [0.05, 0.1) is 6.10 Å². The second-order valence-corrected chi connectivity index (χ2v) is 2.98. The fourth-order valence-electron chi connectivity index (χ4n) is 0.711. The highest BCUT2D eigenvalue weighted by Gasteiger charge is 2.41. The van der Waals surface area contributed by atoms with Crippen LogP contribution in [0.1, 0.15) is 13.3 Å². The summed E-state index contributed by atoms with van der Waals surface area (Å²) in [4.78, 5) is 0. The molecule has 0 rings (SSSR count). The number of halogens is 4. The van der Waals surface area contributed by atoms with Gasteiger partial charge in [0.25, 0.3) is 0 Å². The van der Waals surface area contributed by atoms with Crippen molar-refractivity contribution in [2.45, 2.75) is 31.8 Å². The molecule has 0 aromatic carbocycles. The van der Waals surface area contributed by atoms with Crippen LogP contribution >= 0.6 is 0 Å². The maximum absolute atomic E-state index is 12.3. The normalized spacial score (nSPS) is 15.7. The number of nitrogens with zero attached hydrogens (tertiary/aromatic N) is 1. The van der Waals surface area contributed by atoms with Crippen molar-refractivity contribution in [3.8, 4) is 0 Å². The molecular formula is C7H12F4N2O2. The third-order valence-electron chi connectivity index (χ3n) is 1.50. The van der Waals surface area contributed by atoms with Crippen LogP contribution in [-0.4, -0.2) is 36.1 Å². The number of hydrogen-bond acceptors (Lipinski definition) is 3. The smallest absolute Gasteiger partial charge is 0.330 e. The molecular weight excluding hydrogens is 220 g/mol. The molecule has 15 heavy (non-hydrogen) atoms. The Labute approximate surface area is 83.7 Å². The summed E-state index contributed by atoms with van der Waals surface area (Å²) in [5.41, 5.74) is 5.06. The first-order chi connectivity index (χ1) is 6.79. The first-order valence-electron chi connectivity index (χ1n) is 4.03. The molecule has 0 saturated carbocycles. The molecule has 1 unspecified atom stereocenters. The molecule has 0 heterocycles. The number of nitrogens with two attached hydrogens (primary N) is 1. The minimum absolute atomic E-state index is 0.115. The second kappa shape index (κ2) is 5.74. The lowest BCUT2D eigenvalue weighted by Crippen LogP contribution is -2.34. The van der Waals surface area contributed by atoms with E-state index in [1.54, 1.807) is 0 Å². The molecule has 0 aliphatic carbocycles. The Morgan fingerprint density at radius 1 is 1.53 bits per heavy atom. The third kappa shape index (κ3) is 5.40. The van der Waals surface area contributed by atoms with E-state index < -0.39 is 25.1 Å². The van der Waals surface area contributed by atoms with E-state index in [9.17, 15) is 17.6 Å². The molecule has 0 amide bonds. The minimum Gasteiger partial charge on any atom is -0.409 e. The van der Waals surface area contributed by atoms with Gasteiger partial charge < -0.3 is 15.7 Å². The second-order valence-electron chi connectivity index (χ2n) is 2.98. The van der Waals surface area contributed by atoms with E-state index in [0.29, 0.717) is 0 Å². The van der Waals surface area contributed by atoms with Crippen LogP contribution in [0, 0.1) is 0 Å². The molecule has 0 aromatic rings. The molecule has 0 spiro atoms. The van der Waals surface area contributed by atoms with Crippen molar-refractivity contribution in [1.29, 1.82) is 0 Å². The SMILES string of the molecule is CC(CC(N)=NO)OCC(F)(F)C(F)F. The predicted molar refractivity (Wildman–Crippen MR) is 44.4 cm³/mol. The Morgan fingerprint density at radius 3 is 2.47 bits per heavy atom. The summed E-state index contributed by atoms with van der Waals surface area (Å²) in [5.74, 6) is -4.40. The largest absolute Gasteiger partial charge is 0.409 e. The van der Waals surface area contributed by atoms with E-state index in [-0.39, 0.29) is 12.3 Å². The molecule has 90 valence electrons. The van der Waals surface area contributed by atoms with Gasteiger partial charge in [-0.1, -0.05) is 5.16 Å². The van der Waals surface area contributed by atoms with Crippen LogP contribution in [0.4, 0.5) is 17.6 Å². The molecule has 0 fully saturated rings. The van der Waals surface area contributed by atoms with Crippen LogP contribution < -0.4 is 5.73 Å². The predicted octanol–water partition coefficient (Wildman–Crippen LogP) is 1.43. The van der Waals surface area contributed by atoms with E-state index in [1.807, 2.05) is 0 Å². The molecule has 1 atom stereocenters. The number of alkyl halides is 4. The minimum atomic E-state index is -4.18. The standard InChI is InChI=1S/C7H12F4N2O2/c1-4(2-5(12)13-14)15-3-7(10,11)6(8)9/h4,6,14H,2-3H2,1H3,(H2,12,13). The molecule has 0 aliphatic heterocycles. The maximum atomic E-state index is 12.3. The van der Waals surface area contributed by atoms with Gasteiger partial charge in [0.15, 0.2) is 0 Å². The fraction of sp³-hybridized carbons (Fsp3) is 0.857. The van der Waals surface area contributed by atoms with Gasteiger partial charge in [-0.15, -0.1) is 0 Å². The summed E-state index contributed by atoms with van der Waals surface area (Å²) in [6.07, 6.45) is -4.71.